The van der Waals surface area contributed by atoms with Crippen molar-refractivity contribution in [1.82, 2.24) is 4.72 Å². The summed E-state index contributed by atoms with van der Waals surface area (Å²) in [6.07, 6.45) is 1.45. The number of hydrogen-bond donors (Lipinski definition) is 2. The third-order valence-electron chi connectivity index (χ3n) is 4.01. The predicted molar refractivity (Wildman–Crippen MR) is 97.1 cm³/mol. The summed E-state index contributed by atoms with van der Waals surface area (Å²) < 4.78 is 33.4. The van der Waals surface area contributed by atoms with E-state index >= 15 is 0 Å². The molecule has 2 heterocycles. The minimum Gasteiger partial charge on any atom is -0.466 e. The van der Waals surface area contributed by atoms with Gasteiger partial charge in [0.1, 0.15) is 5.76 Å². The molecule has 0 aliphatic carbocycles. The molecule has 1 atom stereocenters. The van der Waals surface area contributed by atoms with Gasteiger partial charge < -0.3 is 9.52 Å². The summed E-state index contributed by atoms with van der Waals surface area (Å²) in [7, 11) is -3.78. The number of furan rings is 1. The largest absolute Gasteiger partial charge is 0.466 e. The van der Waals surface area contributed by atoms with E-state index in [0.717, 1.165) is 5.56 Å². The van der Waals surface area contributed by atoms with Gasteiger partial charge in [-0.15, -0.1) is 11.3 Å². The molecule has 1 unspecified atom stereocenters. The summed E-state index contributed by atoms with van der Waals surface area (Å²) in [6.45, 7) is 3.35. The standard InChI is InChI=1S/C18H19NO4S2/c1-13-7-8-14(2)15(11-13)25(21,22)19-12-18(20,16-5-3-9-23-16)17-6-4-10-24-17/h3-11,19-20H,12H2,1-2H3. The summed E-state index contributed by atoms with van der Waals surface area (Å²) in [5, 5.41) is 13.0. The molecule has 0 aliphatic rings. The monoisotopic (exact) mass is 377 g/mol. The Labute approximate surface area is 151 Å². The van der Waals surface area contributed by atoms with Gasteiger partial charge in [-0.25, -0.2) is 13.1 Å². The molecular weight excluding hydrogens is 358 g/mol. The maximum absolute atomic E-state index is 12.7. The highest BCUT2D eigenvalue weighted by atomic mass is 32.2. The van der Waals surface area contributed by atoms with E-state index in [-0.39, 0.29) is 11.4 Å². The van der Waals surface area contributed by atoms with Crippen LogP contribution in [0.1, 0.15) is 21.8 Å². The lowest BCUT2D eigenvalue weighted by Crippen LogP contribution is -2.41. The maximum atomic E-state index is 12.7. The van der Waals surface area contributed by atoms with E-state index in [1.165, 1.54) is 17.6 Å². The van der Waals surface area contributed by atoms with Gasteiger partial charge in [0.2, 0.25) is 10.0 Å². The van der Waals surface area contributed by atoms with Crippen molar-refractivity contribution in [3.63, 3.8) is 0 Å². The Bertz CT molecular complexity index is 911. The molecule has 0 amide bonds. The van der Waals surface area contributed by atoms with Gasteiger partial charge in [-0.1, -0.05) is 18.2 Å². The Hall–Kier alpha value is -1.93. The van der Waals surface area contributed by atoms with Gasteiger partial charge in [-0.3, -0.25) is 0 Å². The topological polar surface area (TPSA) is 79.5 Å². The molecule has 3 aromatic rings. The van der Waals surface area contributed by atoms with Crippen molar-refractivity contribution in [2.75, 3.05) is 6.54 Å². The molecule has 0 bridgehead atoms. The Morgan fingerprint density at radius 1 is 1.20 bits per heavy atom. The van der Waals surface area contributed by atoms with E-state index in [1.807, 2.05) is 18.4 Å². The van der Waals surface area contributed by atoms with Crippen molar-refractivity contribution in [3.8, 4) is 0 Å². The molecule has 7 heteroatoms. The van der Waals surface area contributed by atoms with Crippen molar-refractivity contribution < 1.29 is 17.9 Å². The molecule has 2 aromatic heterocycles. The Morgan fingerprint density at radius 2 is 2.00 bits per heavy atom. The first-order valence-corrected chi connectivity index (χ1v) is 10.1. The van der Waals surface area contributed by atoms with E-state index in [1.54, 1.807) is 43.3 Å². The molecule has 1 aromatic carbocycles. The number of benzene rings is 1. The van der Waals surface area contributed by atoms with E-state index in [0.29, 0.717) is 16.2 Å². The van der Waals surface area contributed by atoms with E-state index in [9.17, 15) is 13.5 Å². The molecule has 0 radical (unpaired) electrons. The number of aliphatic hydroxyl groups is 1. The molecule has 0 aliphatic heterocycles. The fraction of sp³-hybridized carbons (Fsp3) is 0.222. The van der Waals surface area contributed by atoms with Crippen LogP contribution in [0.2, 0.25) is 0 Å². The van der Waals surface area contributed by atoms with Gasteiger partial charge >= 0.3 is 0 Å². The van der Waals surface area contributed by atoms with Crippen LogP contribution in [0.25, 0.3) is 0 Å². The third kappa shape index (κ3) is 3.55. The highest BCUT2D eigenvalue weighted by Gasteiger charge is 2.37. The van der Waals surface area contributed by atoms with Crippen LogP contribution in [-0.2, 0) is 15.6 Å². The first-order valence-electron chi connectivity index (χ1n) is 7.70. The van der Waals surface area contributed by atoms with Gasteiger partial charge in [0.05, 0.1) is 17.7 Å². The first-order chi connectivity index (χ1) is 11.8. The lowest BCUT2D eigenvalue weighted by atomic mass is 9.99. The summed E-state index contributed by atoms with van der Waals surface area (Å²) in [5.41, 5.74) is -0.0658. The molecule has 25 heavy (non-hydrogen) atoms. The van der Waals surface area contributed by atoms with Crippen LogP contribution in [-0.4, -0.2) is 20.1 Å². The Morgan fingerprint density at radius 3 is 2.64 bits per heavy atom. The molecule has 5 nitrogen and oxygen atoms in total. The second-order valence-corrected chi connectivity index (χ2v) is 8.59. The van der Waals surface area contributed by atoms with Gasteiger partial charge in [-0.2, -0.15) is 0 Å². The zero-order valence-electron chi connectivity index (χ0n) is 13.9. The number of aryl methyl sites for hydroxylation is 2. The minimum atomic E-state index is -3.78. The fourth-order valence-electron chi connectivity index (χ4n) is 2.60. The average Bonchev–Trinajstić information content (AvgIpc) is 3.28. The molecule has 0 saturated carbocycles. The SMILES string of the molecule is Cc1ccc(C)c(S(=O)(=O)NCC(O)(c2ccco2)c2cccs2)c1. The van der Waals surface area contributed by atoms with Gasteiger partial charge in [0, 0.05) is 4.88 Å². The van der Waals surface area contributed by atoms with Crippen LogP contribution in [0.5, 0.6) is 0 Å². The quantitative estimate of drug-likeness (QED) is 0.691. The summed E-state index contributed by atoms with van der Waals surface area (Å²) in [5.74, 6) is 0.290. The second kappa shape index (κ2) is 6.76. The molecule has 0 spiro atoms. The maximum Gasteiger partial charge on any atom is 0.240 e. The van der Waals surface area contributed by atoms with Crippen LogP contribution < -0.4 is 4.72 Å². The van der Waals surface area contributed by atoms with Gasteiger partial charge in [0.15, 0.2) is 5.60 Å². The molecule has 0 saturated heterocycles. The third-order valence-corrected chi connectivity index (χ3v) is 6.57. The van der Waals surface area contributed by atoms with Crippen molar-refractivity contribution in [1.29, 1.82) is 0 Å². The van der Waals surface area contributed by atoms with Crippen molar-refractivity contribution in [2.45, 2.75) is 24.3 Å². The summed E-state index contributed by atoms with van der Waals surface area (Å²) in [6, 6.07) is 12.1. The second-order valence-electron chi connectivity index (χ2n) is 5.91. The molecule has 3 rings (SSSR count). The highest BCUT2D eigenvalue weighted by Crippen LogP contribution is 2.33. The van der Waals surface area contributed by atoms with E-state index in [2.05, 4.69) is 4.72 Å². The number of thiophene rings is 1. The zero-order chi connectivity index (χ0) is 18.1. The molecule has 0 fully saturated rings. The number of rotatable bonds is 6. The zero-order valence-corrected chi connectivity index (χ0v) is 15.5. The predicted octanol–water partition coefficient (Wildman–Crippen LogP) is 3.17. The van der Waals surface area contributed by atoms with Crippen molar-refractivity contribution in [3.05, 3.63) is 75.9 Å². The van der Waals surface area contributed by atoms with Crippen LogP contribution in [0.3, 0.4) is 0 Å². The van der Waals surface area contributed by atoms with Crippen molar-refractivity contribution in [2.24, 2.45) is 0 Å². The smallest absolute Gasteiger partial charge is 0.240 e. The lowest BCUT2D eigenvalue weighted by Gasteiger charge is -2.25. The molecule has 132 valence electrons. The van der Waals surface area contributed by atoms with Crippen LogP contribution >= 0.6 is 11.3 Å². The number of hydrogen-bond acceptors (Lipinski definition) is 5. The van der Waals surface area contributed by atoms with E-state index < -0.39 is 15.6 Å². The fourth-order valence-corrected chi connectivity index (χ4v) is 4.81. The Balaban J connectivity index is 1.93. The number of nitrogens with one attached hydrogen (secondary N) is 1. The highest BCUT2D eigenvalue weighted by molar-refractivity contribution is 7.89. The average molecular weight is 377 g/mol. The van der Waals surface area contributed by atoms with E-state index in [4.69, 9.17) is 4.42 Å². The molecule has 2 N–H and O–H groups in total. The first kappa shape index (κ1) is 17.9. The van der Waals surface area contributed by atoms with Crippen molar-refractivity contribution >= 4 is 21.4 Å². The molecular formula is C18H19NO4S2. The van der Waals surface area contributed by atoms with Gasteiger partial charge in [0.25, 0.3) is 0 Å². The van der Waals surface area contributed by atoms with Crippen LogP contribution in [0, 0.1) is 13.8 Å². The Kier molecular flexibility index (Phi) is 4.83. The lowest BCUT2D eigenvalue weighted by molar-refractivity contribution is 0.0655. The number of sulfonamides is 1. The van der Waals surface area contributed by atoms with Crippen LogP contribution in [0.4, 0.5) is 0 Å². The van der Waals surface area contributed by atoms with Gasteiger partial charge in [-0.05, 0) is 54.6 Å². The summed E-state index contributed by atoms with van der Waals surface area (Å²) >= 11 is 1.34. The minimum absolute atomic E-state index is 0.209. The summed E-state index contributed by atoms with van der Waals surface area (Å²) in [4.78, 5) is 0.812. The van der Waals surface area contributed by atoms with Crippen LogP contribution in [0.15, 0.2) is 63.4 Å². The normalized spacial score (nSPS) is 14.4.